The summed E-state index contributed by atoms with van der Waals surface area (Å²) in [4.78, 5) is 14.1. The van der Waals surface area contributed by atoms with E-state index in [-0.39, 0.29) is 5.91 Å². The first kappa shape index (κ1) is 15.0. The van der Waals surface area contributed by atoms with Gasteiger partial charge in [0.1, 0.15) is 0 Å². The molecule has 2 heterocycles. The third-order valence-electron chi connectivity index (χ3n) is 3.71. The summed E-state index contributed by atoms with van der Waals surface area (Å²) in [5.41, 5.74) is 0.854. The standard InChI is InChI=1S/C14H24N4O2/c1-10(2)12-8-14(20-17-12)16-13(19)9-18(3)11-4-6-15-7-5-11/h8,10-11,15H,4-7,9H2,1-3H3,(H,16,19). The van der Waals surface area contributed by atoms with E-state index in [9.17, 15) is 4.79 Å². The van der Waals surface area contributed by atoms with Crippen molar-refractivity contribution in [3.05, 3.63) is 11.8 Å². The largest absolute Gasteiger partial charge is 0.338 e. The fourth-order valence-corrected chi connectivity index (χ4v) is 2.40. The van der Waals surface area contributed by atoms with Gasteiger partial charge in [0.2, 0.25) is 11.8 Å². The van der Waals surface area contributed by atoms with Gasteiger partial charge in [0.25, 0.3) is 0 Å². The van der Waals surface area contributed by atoms with Crippen LogP contribution in [0, 0.1) is 0 Å². The van der Waals surface area contributed by atoms with E-state index in [2.05, 4.69) is 20.7 Å². The van der Waals surface area contributed by atoms with Crippen molar-refractivity contribution in [2.75, 3.05) is 32.0 Å². The summed E-state index contributed by atoms with van der Waals surface area (Å²) >= 11 is 0. The van der Waals surface area contributed by atoms with Gasteiger partial charge in [-0.15, -0.1) is 0 Å². The van der Waals surface area contributed by atoms with Gasteiger partial charge in [0.05, 0.1) is 12.2 Å². The second kappa shape index (κ2) is 6.85. The third kappa shape index (κ3) is 4.05. The number of hydrogen-bond donors (Lipinski definition) is 2. The Morgan fingerprint density at radius 1 is 1.55 bits per heavy atom. The smallest absolute Gasteiger partial charge is 0.240 e. The Morgan fingerprint density at radius 3 is 2.85 bits per heavy atom. The molecule has 0 saturated carbocycles. The van der Waals surface area contributed by atoms with Gasteiger partial charge in [-0.2, -0.15) is 0 Å². The van der Waals surface area contributed by atoms with E-state index in [1.54, 1.807) is 6.07 Å². The first-order valence-electron chi connectivity index (χ1n) is 7.23. The average Bonchev–Trinajstić information content (AvgIpc) is 2.88. The van der Waals surface area contributed by atoms with E-state index in [0.717, 1.165) is 31.6 Å². The van der Waals surface area contributed by atoms with Gasteiger partial charge in [-0.05, 0) is 38.9 Å². The Balaban J connectivity index is 1.81. The van der Waals surface area contributed by atoms with Gasteiger partial charge in [-0.3, -0.25) is 15.0 Å². The summed E-state index contributed by atoms with van der Waals surface area (Å²) in [6.07, 6.45) is 2.17. The van der Waals surface area contributed by atoms with Crippen molar-refractivity contribution in [2.45, 2.75) is 38.6 Å². The molecular weight excluding hydrogens is 256 g/mol. The molecule has 112 valence electrons. The maximum absolute atomic E-state index is 12.0. The van der Waals surface area contributed by atoms with Crippen LogP contribution in [0.5, 0.6) is 0 Å². The summed E-state index contributed by atoms with van der Waals surface area (Å²) in [6, 6.07) is 2.26. The van der Waals surface area contributed by atoms with E-state index in [0.29, 0.717) is 24.4 Å². The molecular formula is C14H24N4O2. The van der Waals surface area contributed by atoms with Gasteiger partial charge in [0, 0.05) is 12.1 Å². The molecule has 1 aliphatic heterocycles. The van der Waals surface area contributed by atoms with Gasteiger partial charge in [-0.1, -0.05) is 19.0 Å². The molecule has 2 rings (SSSR count). The van der Waals surface area contributed by atoms with Crippen LogP contribution >= 0.6 is 0 Å². The first-order chi connectivity index (χ1) is 9.56. The highest BCUT2D eigenvalue weighted by molar-refractivity contribution is 5.90. The van der Waals surface area contributed by atoms with Crippen LogP contribution in [-0.2, 0) is 4.79 Å². The van der Waals surface area contributed by atoms with E-state index in [4.69, 9.17) is 4.52 Å². The molecule has 6 nitrogen and oxygen atoms in total. The number of anilines is 1. The maximum atomic E-state index is 12.0. The molecule has 2 N–H and O–H groups in total. The summed E-state index contributed by atoms with van der Waals surface area (Å²) in [7, 11) is 2.00. The van der Waals surface area contributed by atoms with E-state index in [1.807, 2.05) is 20.9 Å². The highest BCUT2D eigenvalue weighted by Crippen LogP contribution is 2.17. The van der Waals surface area contributed by atoms with E-state index in [1.165, 1.54) is 0 Å². The molecule has 0 radical (unpaired) electrons. The lowest BCUT2D eigenvalue weighted by Gasteiger charge is -2.30. The second-order valence-electron chi connectivity index (χ2n) is 5.72. The Kier molecular flexibility index (Phi) is 5.14. The molecule has 1 amide bonds. The number of piperidine rings is 1. The monoisotopic (exact) mass is 280 g/mol. The van der Waals surface area contributed by atoms with E-state index >= 15 is 0 Å². The van der Waals surface area contributed by atoms with Crippen LogP contribution in [0.1, 0.15) is 38.3 Å². The first-order valence-corrected chi connectivity index (χ1v) is 7.23. The van der Waals surface area contributed by atoms with Gasteiger partial charge in [-0.25, -0.2) is 0 Å². The van der Waals surface area contributed by atoms with Crippen molar-refractivity contribution in [3.63, 3.8) is 0 Å². The Bertz CT molecular complexity index is 438. The molecule has 0 unspecified atom stereocenters. The Labute approximate surface area is 119 Å². The van der Waals surface area contributed by atoms with Gasteiger partial charge >= 0.3 is 0 Å². The number of carbonyl (C=O) groups is 1. The highest BCUT2D eigenvalue weighted by Gasteiger charge is 2.20. The van der Waals surface area contributed by atoms with Crippen molar-refractivity contribution in [3.8, 4) is 0 Å². The molecule has 1 fully saturated rings. The van der Waals surface area contributed by atoms with Crippen molar-refractivity contribution in [2.24, 2.45) is 0 Å². The Morgan fingerprint density at radius 2 is 2.25 bits per heavy atom. The number of amides is 1. The minimum Gasteiger partial charge on any atom is -0.338 e. The van der Waals surface area contributed by atoms with Gasteiger partial charge < -0.3 is 9.84 Å². The quantitative estimate of drug-likeness (QED) is 0.853. The van der Waals surface area contributed by atoms with Crippen molar-refractivity contribution in [1.82, 2.24) is 15.4 Å². The number of hydrogen-bond acceptors (Lipinski definition) is 5. The molecule has 1 aromatic rings. The molecule has 0 aromatic carbocycles. The van der Waals surface area contributed by atoms with Crippen molar-refractivity contribution >= 4 is 11.8 Å². The van der Waals surface area contributed by atoms with Crippen molar-refractivity contribution in [1.29, 1.82) is 0 Å². The number of nitrogens with zero attached hydrogens (tertiary/aromatic N) is 2. The SMILES string of the molecule is CC(C)c1cc(NC(=O)CN(C)C2CCNCC2)on1. The predicted molar refractivity (Wildman–Crippen MR) is 77.7 cm³/mol. The van der Waals surface area contributed by atoms with Crippen LogP contribution in [0.25, 0.3) is 0 Å². The average molecular weight is 280 g/mol. The van der Waals surface area contributed by atoms with Crippen LogP contribution < -0.4 is 10.6 Å². The van der Waals surface area contributed by atoms with Crippen LogP contribution in [0.2, 0.25) is 0 Å². The van der Waals surface area contributed by atoms with E-state index < -0.39 is 0 Å². The summed E-state index contributed by atoms with van der Waals surface area (Å²) < 4.78 is 5.11. The summed E-state index contributed by atoms with van der Waals surface area (Å²) in [5.74, 6) is 0.664. The number of aromatic nitrogens is 1. The molecule has 0 bridgehead atoms. The van der Waals surface area contributed by atoms with Crippen LogP contribution in [-0.4, -0.2) is 48.7 Å². The lowest BCUT2D eigenvalue weighted by molar-refractivity contribution is -0.117. The molecule has 0 aliphatic carbocycles. The topological polar surface area (TPSA) is 70.4 Å². The fourth-order valence-electron chi connectivity index (χ4n) is 2.40. The Hall–Kier alpha value is -1.40. The fraction of sp³-hybridized carbons (Fsp3) is 0.714. The summed E-state index contributed by atoms with van der Waals surface area (Å²) in [5, 5.41) is 10.0. The molecule has 1 aromatic heterocycles. The zero-order valence-electron chi connectivity index (χ0n) is 12.5. The van der Waals surface area contributed by atoms with Crippen LogP contribution in [0.15, 0.2) is 10.6 Å². The second-order valence-corrected chi connectivity index (χ2v) is 5.72. The molecule has 20 heavy (non-hydrogen) atoms. The number of nitrogens with one attached hydrogen (secondary N) is 2. The van der Waals surface area contributed by atoms with Crippen LogP contribution in [0.4, 0.5) is 5.88 Å². The molecule has 6 heteroatoms. The lowest BCUT2D eigenvalue weighted by atomic mass is 10.1. The normalized spacial score (nSPS) is 16.9. The molecule has 0 atom stereocenters. The highest BCUT2D eigenvalue weighted by atomic mass is 16.5. The zero-order valence-corrected chi connectivity index (χ0v) is 12.5. The van der Waals surface area contributed by atoms with Crippen molar-refractivity contribution < 1.29 is 9.32 Å². The minimum absolute atomic E-state index is 0.0579. The maximum Gasteiger partial charge on any atom is 0.240 e. The number of rotatable bonds is 5. The summed E-state index contributed by atoms with van der Waals surface area (Å²) in [6.45, 7) is 6.50. The number of likely N-dealkylation sites (N-methyl/N-ethyl adjacent to an activating group) is 1. The number of carbonyl (C=O) groups excluding carboxylic acids is 1. The minimum atomic E-state index is -0.0579. The third-order valence-corrected chi connectivity index (χ3v) is 3.71. The zero-order chi connectivity index (χ0) is 14.5. The molecule has 1 aliphatic rings. The predicted octanol–water partition coefficient (Wildman–Crippen LogP) is 1.42. The van der Waals surface area contributed by atoms with Gasteiger partial charge in [0.15, 0.2) is 0 Å². The molecule has 0 spiro atoms. The molecule has 1 saturated heterocycles. The lowest BCUT2D eigenvalue weighted by Crippen LogP contribution is -2.44. The van der Waals surface area contributed by atoms with Crippen LogP contribution in [0.3, 0.4) is 0 Å².